The fraction of sp³-hybridized carbons (Fsp3) is 0.611. The summed E-state index contributed by atoms with van der Waals surface area (Å²) in [7, 11) is -3.53. The summed E-state index contributed by atoms with van der Waals surface area (Å²) in [4.78, 5) is 14.3. The summed E-state index contributed by atoms with van der Waals surface area (Å²) in [6, 6.07) is 5.09. The fourth-order valence-electron chi connectivity index (χ4n) is 3.34. The molecule has 3 rings (SSSR count). The van der Waals surface area contributed by atoms with Gasteiger partial charge in [0.1, 0.15) is 5.75 Å². The highest BCUT2D eigenvalue weighted by atomic mass is 32.2. The minimum atomic E-state index is -3.53. The zero-order valence-electron chi connectivity index (χ0n) is 14.7. The second-order valence-electron chi connectivity index (χ2n) is 6.61. The lowest BCUT2D eigenvalue weighted by atomic mass is 10.2. The number of hydrogen-bond acceptors (Lipinski definition) is 4. The number of amides is 1. The Kier molecular flexibility index (Phi) is 5.64. The second-order valence-corrected chi connectivity index (χ2v) is 8.55. The Bertz CT molecular complexity index is 733. The van der Waals surface area contributed by atoms with Crippen LogP contribution in [0.2, 0.25) is 0 Å². The van der Waals surface area contributed by atoms with Crippen LogP contribution in [0.15, 0.2) is 23.1 Å². The molecule has 0 saturated carbocycles. The van der Waals surface area contributed by atoms with Crippen LogP contribution >= 0.6 is 0 Å². The van der Waals surface area contributed by atoms with Gasteiger partial charge in [-0.15, -0.1) is 0 Å². The molecule has 1 saturated heterocycles. The van der Waals surface area contributed by atoms with Crippen molar-refractivity contribution in [3.8, 4) is 5.75 Å². The molecule has 2 aliphatic rings. The largest absolute Gasteiger partial charge is 0.493 e. The predicted octanol–water partition coefficient (Wildman–Crippen LogP) is 2.03. The van der Waals surface area contributed by atoms with Crippen molar-refractivity contribution >= 4 is 15.9 Å². The topological polar surface area (TPSA) is 66.9 Å². The van der Waals surface area contributed by atoms with Crippen molar-refractivity contribution in [2.24, 2.45) is 0 Å². The molecule has 0 radical (unpaired) electrons. The van der Waals surface area contributed by atoms with E-state index in [-0.39, 0.29) is 5.91 Å². The fourth-order valence-corrected chi connectivity index (χ4v) is 4.86. The molecule has 6 nitrogen and oxygen atoms in total. The SMILES string of the molecule is CCCCC(=O)N1CCCN(S(=O)(=O)c2ccc3c(c2)CCO3)CC1. The Morgan fingerprint density at radius 3 is 2.84 bits per heavy atom. The summed E-state index contributed by atoms with van der Waals surface area (Å²) in [6.45, 7) is 4.58. The van der Waals surface area contributed by atoms with Gasteiger partial charge < -0.3 is 9.64 Å². The van der Waals surface area contributed by atoms with E-state index in [1.807, 2.05) is 4.90 Å². The van der Waals surface area contributed by atoms with Gasteiger partial charge in [-0.2, -0.15) is 4.31 Å². The minimum Gasteiger partial charge on any atom is -0.493 e. The van der Waals surface area contributed by atoms with E-state index in [4.69, 9.17) is 4.74 Å². The van der Waals surface area contributed by atoms with Gasteiger partial charge in [-0.25, -0.2) is 8.42 Å². The zero-order valence-corrected chi connectivity index (χ0v) is 15.6. The Labute approximate surface area is 149 Å². The van der Waals surface area contributed by atoms with Crippen molar-refractivity contribution < 1.29 is 17.9 Å². The summed E-state index contributed by atoms with van der Waals surface area (Å²) in [5.41, 5.74) is 0.951. The zero-order chi connectivity index (χ0) is 17.9. The van der Waals surface area contributed by atoms with Crippen molar-refractivity contribution in [3.05, 3.63) is 23.8 Å². The van der Waals surface area contributed by atoms with Gasteiger partial charge in [-0.3, -0.25) is 4.79 Å². The van der Waals surface area contributed by atoms with Crippen LogP contribution in [0.25, 0.3) is 0 Å². The van der Waals surface area contributed by atoms with Crippen LogP contribution in [-0.4, -0.2) is 56.3 Å². The normalized spacial score (nSPS) is 18.5. The lowest BCUT2D eigenvalue weighted by Crippen LogP contribution is -2.37. The van der Waals surface area contributed by atoms with Gasteiger partial charge in [0.05, 0.1) is 11.5 Å². The smallest absolute Gasteiger partial charge is 0.243 e. The Hall–Kier alpha value is -1.60. The highest BCUT2D eigenvalue weighted by molar-refractivity contribution is 7.89. The van der Waals surface area contributed by atoms with Gasteiger partial charge in [0.2, 0.25) is 15.9 Å². The van der Waals surface area contributed by atoms with Crippen molar-refractivity contribution in [2.45, 2.75) is 43.9 Å². The molecule has 1 aromatic carbocycles. The van der Waals surface area contributed by atoms with Crippen LogP contribution in [0.3, 0.4) is 0 Å². The lowest BCUT2D eigenvalue weighted by Gasteiger charge is -2.22. The van der Waals surface area contributed by atoms with Gasteiger partial charge in [0, 0.05) is 39.0 Å². The minimum absolute atomic E-state index is 0.135. The number of unbranched alkanes of at least 4 members (excludes halogenated alkanes) is 1. The number of hydrogen-bond donors (Lipinski definition) is 0. The van der Waals surface area contributed by atoms with E-state index in [0.29, 0.717) is 50.5 Å². The molecular weight excluding hydrogens is 340 g/mol. The number of fused-ring (bicyclic) bond motifs is 1. The first-order chi connectivity index (χ1) is 12.0. The number of carbonyl (C=O) groups excluding carboxylic acids is 1. The van der Waals surface area contributed by atoms with Crippen molar-refractivity contribution in [3.63, 3.8) is 0 Å². The summed E-state index contributed by atoms with van der Waals surface area (Å²) in [5, 5.41) is 0. The molecule has 25 heavy (non-hydrogen) atoms. The number of carbonyl (C=O) groups is 1. The molecule has 2 heterocycles. The number of rotatable bonds is 5. The summed E-state index contributed by atoms with van der Waals surface area (Å²) in [5.74, 6) is 0.915. The maximum atomic E-state index is 13.0. The van der Waals surface area contributed by atoms with E-state index in [9.17, 15) is 13.2 Å². The summed E-state index contributed by atoms with van der Waals surface area (Å²) >= 11 is 0. The first-order valence-corrected chi connectivity index (χ1v) is 10.5. The monoisotopic (exact) mass is 366 g/mol. The summed E-state index contributed by atoms with van der Waals surface area (Å²) < 4.78 is 32.9. The van der Waals surface area contributed by atoms with E-state index < -0.39 is 10.0 Å². The molecule has 0 atom stereocenters. The van der Waals surface area contributed by atoms with E-state index in [0.717, 1.165) is 30.6 Å². The lowest BCUT2D eigenvalue weighted by molar-refractivity contribution is -0.131. The third-order valence-corrected chi connectivity index (χ3v) is 6.75. The van der Waals surface area contributed by atoms with Crippen molar-refractivity contribution in [2.75, 3.05) is 32.8 Å². The highest BCUT2D eigenvalue weighted by Gasteiger charge is 2.29. The predicted molar refractivity (Wildman–Crippen MR) is 95.1 cm³/mol. The number of ether oxygens (including phenoxy) is 1. The van der Waals surface area contributed by atoms with Gasteiger partial charge in [0.15, 0.2) is 0 Å². The van der Waals surface area contributed by atoms with E-state index in [1.54, 1.807) is 18.2 Å². The quantitative estimate of drug-likeness (QED) is 0.800. The van der Waals surface area contributed by atoms with Crippen LogP contribution < -0.4 is 4.74 Å². The standard InChI is InChI=1S/C18H26N2O4S/c1-2-3-5-18(21)19-9-4-10-20(12-11-19)25(22,23)16-6-7-17-15(14-16)8-13-24-17/h6-7,14H,2-5,8-13H2,1H3. The van der Waals surface area contributed by atoms with E-state index in [1.165, 1.54) is 4.31 Å². The van der Waals surface area contributed by atoms with E-state index in [2.05, 4.69) is 6.92 Å². The molecule has 7 heteroatoms. The molecule has 138 valence electrons. The third kappa shape index (κ3) is 3.98. The molecule has 0 N–H and O–H groups in total. The van der Waals surface area contributed by atoms with Gasteiger partial charge >= 0.3 is 0 Å². The molecule has 2 aliphatic heterocycles. The second kappa shape index (κ2) is 7.74. The molecule has 1 aromatic rings. The number of benzene rings is 1. The molecule has 0 spiro atoms. The van der Waals surface area contributed by atoms with E-state index >= 15 is 0 Å². The molecule has 0 aliphatic carbocycles. The molecule has 1 amide bonds. The molecule has 0 bridgehead atoms. The molecule has 0 unspecified atom stereocenters. The van der Waals surface area contributed by atoms with Gasteiger partial charge in [0.25, 0.3) is 0 Å². The molecule has 0 aromatic heterocycles. The average molecular weight is 366 g/mol. The van der Waals surface area contributed by atoms with Gasteiger partial charge in [-0.1, -0.05) is 13.3 Å². The highest BCUT2D eigenvalue weighted by Crippen LogP contribution is 2.29. The van der Waals surface area contributed by atoms with Crippen LogP contribution in [0.4, 0.5) is 0 Å². The first-order valence-electron chi connectivity index (χ1n) is 9.06. The molecular formula is C18H26N2O4S. The number of sulfonamides is 1. The maximum Gasteiger partial charge on any atom is 0.243 e. The third-order valence-electron chi connectivity index (χ3n) is 4.85. The van der Waals surface area contributed by atoms with Crippen molar-refractivity contribution in [1.29, 1.82) is 0 Å². The van der Waals surface area contributed by atoms with Crippen LogP contribution in [0, 0.1) is 0 Å². The molecule has 1 fully saturated rings. The number of nitrogens with zero attached hydrogens (tertiary/aromatic N) is 2. The average Bonchev–Trinajstić information content (AvgIpc) is 2.93. The van der Waals surface area contributed by atoms with Crippen molar-refractivity contribution in [1.82, 2.24) is 9.21 Å². The first kappa shape index (κ1) is 18.2. The Balaban J connectivity index is 1.70. The van der Waals surface area contributed by atoms with Gasteiger partial charge in [-0.05, 0) is 36.6 Å². The Morgan fingerprint density at radius 1 is 1.20 bits per heavy atom. The van der Waals surface area contributed by atoms with Crippen LogP contribution in [-0.2, 0) is 21.2 Å². The van der Waals surface area contributed by atoms with Crippen LogP contribution in [0.1, 0.15) is 38.2 Å². The summed E-state index contributed by atoms with van der Waals surface area (Å²) in [6.07, 6.45) is 3.84. The van der Waals surface area contributed by atoms with Crippen LogP contribution in [0.5, 0.6) is 5.75 Å². The Morgan fingerprint density at radius 2 is 2.04 bits per heavy atom. The maximum absolute atomic E-state index is 13.0.